The molecule has 0 spiro atoms. The summed E-state index contributed by atoms with van der Waals surface area (Å²) < 4.78 is 43.4. The highest BCUT2D eigenvalue weighted by Gasteiger charge is 2.45. The maximum Gasteiger partial charge on any atom is 0.422 e. The minimum atomic E-state index is -4.63. The number of carboxylic acid groups (broad SMARTS) is 1. The van der Waals surface area contributed by atoms with Gasteiger partial charge in [-0.25, -0.2) is 4.79 Å². The number of nitrogens with one attached hydrogen (secondary N) is 4. The Hall–Kier alpha value is -5.19. The van der Waals surface area contributed by atoms with E-state index in [1.54, 1.807) is 12.1 Å². The summed E-state index contributed by atoms with van der Waals surface area (Å²) in [6.07, 6.45) is -3.06. The number of anilines is 3. The van der Waals surface area contributed by atoms with Gasteiger partial charge in [-0.2, -0.15) is 28.1 Å². The molecule has 0 bridgehead atoms. The molecule has 48 heavy (non-hydrogen) atoms. The number of amides is 3. The molecule has 18 heteroatoms. The predicted molar refractivity (Wildman–Crippen MR) is 167 cm³/mol. The van der Waals surface area contributed by atoms with Crippen molar-refractivity contribution in [1.82, 2.24) is 30.5 Å². The molecule has 3 aromatic rings. The fraction of sp³-hybridized carbons (Fsp3) is 0.367. The number of carbonyl (C=O) groups is 4. The number of aliphatic carboxylic acids is 1. The van der Waals surface area contributed by atoms with Gasteiger partial charge in [0.25, 0.3) is 5.91 Å². The third-order valence-corrected chi connectivity index (χ3v) is 7.29. The zero-order valence-corrected chi connectivity index (χ0v) is 26.5. The normalized spacial score (nSPS) is 13.9. The number of nitrogens with zero attached hydrogens (tertiary/aromatic N) is 4. The van der Waals surface area contributed by atoms with E-state index in [9.17, 15) is 37.5 Å². The van der Waals surface area contributed by atoms with E-state index in [1.165, 1.54) is 38.4 Å². The Morgan fingerprint density at radius 3 is 2.23 bits per heavy atom. The summed E-state index contributed by atoms with van der Waals surface area (Å²) >= 11 is 6.00. The van der Waals surface area contributed by atoms with Crippen molar-refractivity contribution in [3.05, 3.63) is 64.7 Å². The predicted octanol–water partition coefficient (Wildman–Crippen LogP) is 3.48. The van der Waals surface area contributed by atoms with E-state index in [0.717, 1.165) is 10.5 Å². The Morgan fingerprint density at radius 1 is 1.00 bits per heavy atom. The second-order valence-electron chi connectivity index (χ2n) is 11.0. The van der Waals surface area contributed by atoms with E-state index in [-0.39, 0.29) is 36.8 Å². The van der Waals surface area contributed by atoms with Crippen LogP contribution in [0.3, 0.4) is 0 Å². The number of likely N-dealkylation sites (N-methyl/N-ethyl adjacent to an activating group) is 1. The number of ether oxygens (including phenoxy) is 1. The summed E-state index contributed by atoms with van der Waals surface area (Å²) in [5.74, 6) is -3.73. The molecule has 2 aromatic carbocycles. The van der Waals surface area contributed by atoms with Gasteiger partial charge >= 0.3 is 30.0 Å². The number of halogens is 4. The van der Waals surface area contributed by atoms with Crippen LogP contribution in [0, 0.1) is 0 Å². The molecule has 4 rings (SSSR count). The van der Waals surface area contributed by atoms with Gasteiger partial charge in [0.15, 0.2) is 6.61 Å². The van der Waals surface area contributed by atoms with Gasteiger partial charge in [0.2, 0.25) is 11.9 Å². The SMILES string of the molecule is CN(C)C(=O)C(=O)NCCCC(NC(=O)c1ccc(Nc2nc(NC3(c4ccc(Cl)cc4)CC3)nc(OCC(F)(F)F)n2)cc1)C(=O)O. The fourth-order valence-corrected chi connectivity index (χ4v) is 4.52. The lowest BCUT2D eigenvalue weighted by Crippen LogP contribution is -2.42. The lowest BCUT2D eigenvalue weighted by atomic mass is 10.1. The average molecular weight is 693 g/mol. The maximum atomic E-state index is 12.9. The van der Waals surface area contributed by atoms with Crippen molar-refractivity contribution in [2.45, 2.75) is 43.4 Å². The number of rotatable bonds is 14. The number of carboxylic acids is 1. The fourth-order valence-electron chi connectivity index (χ4n) is 4.39. The van der Waals surface area contributed by atoms with Crippen LogP contribution in [-0.4, -0.2) is 88.1 Å². The van der Waals surface area contributed by atoms with E-state index in [2.05, 4.69) is 36.2 Å². The average Bonchev–Trinajstić information content (AvgIpc) is 3.81. The maximum absolute atomic E-state index is 12.9. The topological polar surface area (TPSA) is 188 Å². The quantitative estimate of drug-likeness (QED) is 0.123. The number of carbonyl (C=O) groups excluding carboxylic acids is 3. The summed E-state index contributed by atoms with van der Waals surface area (Å²) in [6, 6.07) is 11.0. The van der Waals surface area contributed by atoms with Crippen molar-refractivity contribution in [2.24, 2.45) is 0 Å². The highest BCUT2D eigenvalue weighted by atomic mass is 35.5. The summed E-state index contributed by atoms with van der Waals surface area (Å²) in [6.45, 7) is -1.60. The molecule has 1 unspecified atom stereocenters. The first kappa shape index (κ1) is 35.7. The van der Waals surface area contributed by atoms with Gasteiger partial charge in [-0.1, -0.05) is 23.7 Å². The monoisotopic (exact) mass is 692 g/mol. The van der Waals surface area contributed by atoms with Gasteiger partial charge in [0, 0.05) is 36.9 Å². The molecule has 5 N–H and O–H groups in total. The van der Waals surface area contributed by atoms with Crippen molar-refractivity contribution in [1.29, 1.82) is 0 Å². The van der Waals surface area contributed by atoms with Gasteiger partial charge < -0.3 is 36.0 Å². The summed E-state index contributed by atoms with van der Waals surface area (Å²) in [5, 5.41) is 20.9. The lowest BCUT2D eigenvalue weighted by Gasteiger charge is -2.19. The molecular weight excluding hydrogens is 661 g/mol. The molecule has 0 aliphatic heterocycles. The first-order valence-corrected chi connectivity index (χ1v) is 14.9. The summed E-state index contributed by atoms with van der Waals surface area (Å²) in [5.41, 5.74) is 0.804. The zero-order valence-electron chi connectivity index (χ0n) is 25.7. The molecule has 3 amide bonds. The standard InChI is InChI=1S/C30H32ClF3N8O6/c1-42(2)24(45)23(44)35-15-3-4-21(25(46)47)37-22(43)17-5-11-20(12-6-17)36-26-38-27(40-28(39-26)48-16-30(32,33)34)41-29(13-14-29)18-7-9-19(31)10-8-18/h5-12,21H,3-4,13-16H2,1-2H3,(H,35,44)(H,37,43)(H,46,47)(H2,36,38,39,40,41). The van der Waals surface area contributed by atoms with Gasteiger partial charge in [0.05, 0.1) is 5.54 Å². The summed E-state index contributed by atoms with van der Waals surface area (Å²) in [4.78, 5) is 61.2. The summed E-state index contributed by atoms with van der Waals surface area (Å²) in [7, 11) is 2.84. The van der Waals surface area contributed by atoms with Crippen molar-refractivity contribution in [3.63, 3.8) is 0 Å². The van der Waals surface area contributed by atoms with E-state index in [0.29, 0.717) is 23.6 Å². The molecule has 1 aliphatic carbocycles. The van der Waals surface area contributed by atoms with E-state index in [1.807, 2.05) is 12.1 Å². The van der Waals surface area contributed by atoms with Crippen LogP contribution < -0.4 is 26.0 Å². The lowest BCUT2D eigenvalue weighted by molar-refractivity contribution is -0.154. The molecule has 1 atom stereocenters. The molecule has 256 valence electrons. The van der Waals surface area contributed by atoms with Gasteiger partial charge in [-0.3, -0.25) is 14.4 Å². The number of hydrogen-bond acceptors (Lipinski definition) is 10. The molecule has 1 heterocycles. The minimum absolute atomic E-state index is 0.0229. The first-order valence-electron chi connectivity index (χ1n) is 14.5. The molecule has 14 nitrogen and oxygen atoms in total. The Labute approximate surface area is 277 Å². The second kappa shape index (κ2) is 15.1. The van der Waals surface area contributed by atoms with Crippen LogP contribution >= 0.6 is 11.6 Å². The molecule has 1 fully saturated rings. The van der Waals surface area contributed by atoms with Crippen molar-refractivity contribution in [3.8, 4) is 6.01 Å². The molecule has 1 aromatic heterocycles. The van der Waals surface area contributed by atoms with Crippen LogP contribution in [-0.2, 0) is 19.9 Å². The van der Waals surface area contributed by atoms with Crippen molar-refractivity contribution in [2.75, 3.05) is 37.9 Å². The minimum Gasteiger partial charge on any atom is -0.480 e. The van der Waals surface area contributed by atoms with Gasteiger partial charge in [0.1, 0.15) is 6.04 Å². The van der Waals surface area contributed by atoms with Crippen LogP contribution in [0.25, 0.3) is 0 Å². The Morgan fingerprint density at radius 2 is 1.65 bits per heavy atom. The second-order valence-corrected chi connectivity index (χ2v) is 11.5. The van der Waals surface area contributed by atoms with Crippen molar-refractivity contribution < 1.29 is 42.2 Å². The first-order chi connectivity index (χ1) is 22.6. The molecule has 1 saturated carbocycles. The largest absolute Gasteiger partial charge is 0.480 e. The number of aromatic nitrogens is 3. The zero-order chi connectivity index (χ0) is 35.1. The van der Waals surface area contributed by atoms with Crippen LogP contribution in [0.1, 0.15) is 41.6 Å². The Kier molecular flexibility index (Phi) is 11.3. The highest BCUT2D eigenvalue weighted by molar-refractivity contribution is 6.34. The van der Waals surface area contributed by atoms with Gasteiger partial charge in [-0.15, -0.1) is 0 Å². The number of hydrogen-bond donors (Lipinski definition) is 5. The molecular formula is C30H32ClF3N8O6. The molecule has 0 radical (unpaired) electrons. The highest BCUT2D eigenvalue weighted by Crippen LogP contribution is 2.48. The Bertz CT molecular complexity index is 1640. The third-order valence-electron chi connectivity index (χ3n) is 7.04. The third kappa shape index (κ3) is 10.2. The van der Waals surface area contributed by atoms with E-state index in [4.69, 9.17) is 16.3 Å². The van der Waals surface area contributed by atoms with Crippen LogP contribution in [0.5, 0.6) is 6.01 Å². The van der Waals surface area contributed by atoms with Crippen molar-refractivity contribution >= 4 is 52.9 Å². The van der Waals surface area contributed by atoms with Crippen LogP contribution in [0.2, 0.25) is 5.02 Å². The van der Waals surface area contributed by atoms with E-state index >= 15 is 0 Å². The number of benzene rings is 2. The smallest absolute Gasteiger partial charge is 0.422 e. The Balaban J connectivity index is 1.41. The number of alkyl halides is 3. The molecule has 0 saturated heterocycles. The molecule has 1 aliphatic rings. The van der Waals surface area contributed by atoms with Gasteiger partial charge in [-0.05, 0) is 67.6 Å². The van der Waals surface area contributed by atoms with Crippen LogP contribution in [0.4, 0.5) is 30.8 Å². The van der Waals surface area contributed by atoms with E-state index < -0.39 is 54.1 Å². The van der Waals surface area contributed by atoms with Crippen LogP contribution in [0.15, 0.2) is 48.5 Å².